The molecule has 0 N–H and O–H groups in total. The molecule has 1 aromatic carbocycles. The van der Waals surface area contributed by atoms with Crippen molar-refractivity contribution in [1.82, 2.24) is 24.5 Å². The van der Waals surface area contributed by atoms with E-state index >= 15 is 0 Å². The minimum atomic E-state index is -3.31. The van der Waals surface area contributed by atoms with Crippen molar-refractivity contribution in [2.75, 3.05) is 26.6 Å². The first-order valence-electron chi connectivity index (χ1n) is 11.7. The third-order valence-corrected chi connectivity index (χ3v) is 7.56. The second kappa shape index (κ2) is 9.73. The summed E-state index contributed by atoms with van der Waals surface area (Å²) in [6, 6.07) is 10.8. The van der Waals surface area contributed by atoms with Crippen LogP contribution in [-0.4, -0.2) is 59.5 Å². The zero-order valence-corrected chi connectivity index (χ0v) is 21.2. The SMILES string of the molecule is CCOc1cccc(-c2nc3ncc(CS(=O)(=O)CC4CC4)nc3n2-c2c(OC)cccc2OC)n1. The van der Waals surface area contributed by atoms with Crippen LogP contribution in [0.3, 0.4) is 0 Å². The number of hydrogen-bond donors (Lipinski definition) is 0. The molecule has 0 spiro atoms. The minimum Gasteiger partial charge on any atom is -0.494 e. The predicted molar refractivity (Wildman–Crippen MR) is 134 cm³/mol. The summed E-state index contributed by atoms with van der Waals surface area (Å²) >= 11 is 0. The lowest BCUT2D eigenvalue weighted by molar-refractivity contribution is 0.327. The lowest BCUT2D eigenvalue weighted by Gasteiger charge is -2.16. The maximum absolute atomic E-state index is 12.7. The Kier molecular flexibility index (Phi) is 6.48. The van der Waals surface area contributed by atoms with Gasteiger partial charge >= 0.3 is 0 Å². The van der Waals surface area contributed by atoms with E-state index in [0.29, 0.717) is 58.2 Å². The van der Waals surface area contributed by atoms with Gasteiger partial charge in [-0.05, 0) is 43.9 Å². The molecule has 11 heteroatoms. The van der Waals surface area contributed by atoms with E-state index in [2.05, 4.69) is 9.97 Å². The van der Waals surface area contributed by atoms with Crippen molar-refractivity contribution in [3.8, 4) is 34.6 Å². The van der Waals surface area contributed by atoms with Crippen LogP contribution in [0, 0.1) is 5.92 Å². The summed E-state index contributed by atoms with van der Waals surface area (Å²) in [4.78, 5) is 18.5. The Balaban J connectivity index is 1.73. The normalized spacial score (nSPS) is 13.6. The molecular weight excluding hydrogens is 482 g/mol. The highest BCUT2D eigenvalue weighted by molar-refractivity contribution is 7.90. The molecule has 0 saturated heterocycles. The lowest BCUT2D eigenvalue weighted by Crippen LogP contribution is -2.12. The molecule has 1 fully saturated rings. The molecule has 4 aromatic rings. The van der Waals surface area contributed by atoms with Crippen molar-refractivity contribution in [1.29, 1.82) is 0 Å². The second-order valence-corrected chi connectivity index (χ2v) is 10.7. The van der Waals surface area contributed by atoms with E-state index in [1.165, 1.54) is 6.20 Å². The Morgan fingerprint density at radius 3 is 2.39 bits per heavy atom. The van der Waals surface area contributed by atoms with Crippen molar-refractivity contribution in [3.05, 3.63) is 48.3 Å². The van der Waals surface area contributed by atoms with E-state index in [4.69, 9.17) is 24.2 Å². The molecule has 1 saturated carbocycles. The second-order valence-electron chi connectivity index (χ2n) is 8.58. The van der Waals surface area contributed by atoms with E-state index in [9.17, 15) is 8.42 Å². The van der Waals surface area contributed by atoms with Crippen molar-refractivity contribution in [3.63, 3.8) is 0 Å². The van der Waals surface area contributed by atoms with Gasteiger partial charge in [-0.3, -0.25) is 4.57 Å². The maximum atomic E-state index is 12.7. The number of para-hydroxylation sites is 1. The van der Waals surface area contributed by atoms with Crippen LogP contribution in [0.25, 0.3) is 28.5 Å². The molecule has 0 atom stereocenters. The molecule has 3 heterocycles. The zero-order valence-electron chi connectivity index (χ0n) is 20.3. The number of nitrogens with zero attached hydrogens (tertiary/aromatic N) is 5. The van der Waals surface area contributed by atoms with E-state index < -0.39 is 9.84 Å². The molecule has 5 rings (SSSR count). The summed E-state index contributed by atoms with van der Waals surface area (Å²) in [6.07, 6.45) is 3.39. The maximum Gasteiger partial charge on any atom is 0.213 e. The van der Waals surface area contributed by atoms with Gasteiger partial charge in [-0.15, -0.1) is 0 Å². The van der Waals surface area contributed by atoms with E-state index in [0.717, 1.165) is 12.8 Å². The monoisotopic (exact) mass is 509 g/mol. The van der Waals surface area contributed by atoms with Crippen LogP contribution in [0.4, 0.5) is 0 Å². The molecule has 0 bridgehead atoms. The Bertz CT molecular complexity index is 1490. The Hall–Kier alpha value is -3.73. The van der Waals surface area contributed by atoms with Crippen LogP contribution in [0.2, 0.25) is 0 Å². The number of hydrogen-bond acceptors (Lipinski definition) is 9. The molecule has 0 unspecified atom stereocenters. The van der Waals surface area contributed by atoms with Gasteiger partial charge in [-0.1, -0.05) is 12.1 Å². The first-order valence-corrected chi connectivity index (χ1v) is 13.5. The lowest BCUT2D eigenvalue weighted by atomic mass is 10.2. The van der Waals surface area contributed by atoms with Crippen molar-refractivity contribution >= 4 is 21.1 Å². The van der Waals surface area contributed by atoms with Crippen LogP contribution in [-0.2, 0) is 15.6 Å². The largest absolute Gasteiger partial charge is 0.494 e. The highest BCUT2D eigenvalue weighted by Crippen LogP contribution is 2.38. The van der Waals surface area contributed by atoms with Gasteiger partial charge in [0.15, 0.2) is 27.0 Å². The quantitative estimate of drug-likeness (QED) is 0.316. The summed E-state index contributed by atoms with van der Waals surface area (Å²) in [7, 11) is -0.187. The average Bonchev–Trinajstić information content (AvgIpc) is 3.59. The Morgan fingerprint density at radius 2 is 1.72 bits per heavy atom. The number of imidazole rings is 1. The molecule has 36 heavy (non-hydrogen) atoms. The highest BCUT2D eigenvalue weighted by Gasteiger charge is 2.29. The number of pyridine rings is 1. The summed E-state index contributed by atoms with van der Waals surface area (Å²) in [6.45, 7) is 2.35. The minimum absolute atomic E-state index is 0.172. The average molecular weight is 510 g/mol. The molecule has 1 aliphatic carbocycles. The summed E-state index contributed by atoms with van der Waals surface area (Å²) in [5.41, 5.74) is 2.13. The van der Waals surface area contributed by atoms with Gasteiger partial charge in [-0.2, -0.15) is 0 Å². The van der Waals surface area contributed by atoms with Crippen LogP contribution in [0.5, 0.6) is 17.4 Å². The van der Waals surface area contributed by atoms with Gasteiger partial charge in [0.1, 0.15) is 22.9 Å². The number of aromatic nitrogens is 5. The smallest absolute Gasteiger partial charge is 0.213 e. The number of fused-ring (bicyclic) bond motifs is 1. The summed E-state index contributed by atoms with van der Waals surface area (Å²) < 4.78 is 44.1. The number of rotatable bonds is 10. The predicted octanol–water partition coefficient (Wildman–Crippen LogP) is 3.62. The topological polar surface area (TPSA) is 118 Å². The Labute approximate surface area is 209 Å². The number of sulfone groups is 1. The van der Waals surface area contributed by atoms with Gasteiger partial charge < -0.3 is 14.2 Å². The van der Waals surface area contributed by atoms with Gasteiger partial charge in [0, 0.05) is 6.07 Å². The third kappa shape index (κ3) is 4.83. The third-order valence-electron chi connectivity index (χ3n) is 5.85. The molecule has 0 aliphatic heterocycles. The fourth-order valence-corrected chi connectivity index (χ4v) is 5.85. The zero-order chi connectivity index (χ0) is 25.3. The van der Waals surface area contributed by atoms with E-state index in [1.807, 2.05) is 25.1 Å². The van der Waals surface area contributed by atoms with Crippen molar-refractivity contribution in [2.45, 2.75) is 25.5 Å². The standard InChI is InChI=1S/C25H27N5O5S/c1-4-35-21-10-5-7-18(28-21)24-29-23-25(30(24)22-19(33-2)8-6-9-20(22)34-3)27-17(13-26-23)15-36(31,32)14-16-11-12-16/h5-10,13,16H,4,11-12,14-15H2,1-3H3. The number of methoxy groups -OCH3 is 2. The fraction of sp³-hybridized carbons (Fsp3) is 0.360. The van der Waals surface area contributed by atoms with E-state index in [1.54, 1.807) is 37.0 Å². The van der Waals surface area contributed by atoms with Gasteiger partial charge in [0.25, 0.3) is 0 Å². The van der Waals surface area contributed by atoms with E-state index in [-0.39, 0.29) is 17.4 Å². The highest BCUT2D eigenvalue weighted by atomic mass is 32.2. The van der Waals surface area contributed by atoms with Crippen molar-refractivity contribution in [2.24, 2.45) is 5.92 Å². The number of benzene rings is 1. The van der Waals surface area contributed by atoms with Crippen molar-refractivity contribution < 1.29 is 22.6 Å². The van der Waals surface area contributed by atoms with Gasteiger partial charge in [0.05, 0.1) is 44.2 Å². The van der Waals surface area contributed by atoms with Crippen LogP contribution in [0.15, 0.2) is 42.6 Å². The van der Waals surface area contributed by atoms with Crippen LogP contribution in [0.1, 0.15) is 25.5 Å². The molecule has 0 amide bonds. The number of ether oxygens (including phenoxy) is 3. The summed E-state index contributed by atoms with van der Waals surface area (Å²) in [5, 5.41) is 0. The van der Waals surface area contributed by atoms with Gasteiger partial charge in [0.2, 0.25) is 5.88 Å². The van der Waals surface area contributed by atoms with Crippen LogP contribution >= 0.6 is 0 Å². The molecule has 0 radical (unpaired) electrons. The molecule has 10 nitrogen and oxygen atoms in total. The summed E-state index contributed by atoms with van der Waals surface area (Å²) in [5.74, 6) is 2.17. The molecule has 1 aliphatic rings. The first-order chi connectivity index (χ1) is 17.4. The molecule has 188 valence electrons. The first kappa shape index (κ1) is 24.0. The van der Waals surface area contributed by atoms with Crippen LogP contribution < -0.4 is 14.2 Å². The fourth-order valence-electron chi connectivity index (χ4n) is 4.09. The van der Waals surface area contributed by atoms with Gasteiger partial charge in [-0.25, -0.2) is 28.4 Å². The Morgan fingerprint density at radius 1 is 1.00 bits per heavy atom. The molecule has 3 aromatic heterocycles. The molecular formula is C25H27N5O5S.